The van der Waals surface area contributed by atoms with Crippen LogP contribution in [0, 0.1) is 11.6 Å². The van der Waals surface area contributed by atoms with Crippen LogP contribution in [0.5, 0.6) is 0 Å². The van der Waals surface area contributed by atoms with E-state index in [9.17, 15) is 31.9 Å². The molecule has 0 saturated carbocycles. The number of hydrogen-bond donors (Lipinski definition) is 1. The quantitative estimate of drug-likeness (QED) is 0.781. The second-order valence-electron chi connectivity index (χ2n) is 6.42. The highest BCUT2D eigenvalue weighted by Crippen LogP contribution is 2.37. The number of rotatable bonds is 4. The molecule has 1 saturated heterocycles. The fourth-order valence-corrected chi connectivity index (χ4v) is 3.49. The van der Waals surface area contributed by atoms with Crippen molar-refractivity contribution in [2.24, 2.45) is 0 Å². The second kappa shape index (κ2) is 7.26. The second-order valence-corrected chi connectivity index (χ2v) is 6.42. The highest BCUT2D eigenvalue weighted by atomic mass is 19.4. The van der Waals surface area contributed by atoms with Crippen molar-refractivity contribution in [1.29, 1.82) is 0 Å². The average Bonchev–Trinajstić information content (AvgIpc) is 3.06. The van der Waals surface area contributed by atoms with Crippen LogP contribution in [0.1, 0.15) is 35.6 Å². The monoisotopic (exact) mass is 385 g/mol. The number of benzene rings is 2. The zero-order chi connectivity index (χ0) is 19.8. The van der Waals surface area contributed by atoms with Crippen LogP contribution in [0.3, 0.4) is 0 Å². The van der Waals surface area contributed by atoms with Crippen LogP contribution in [-0.2, 0) is 11.0 Å². The molecule has 144 valence electrons. The minimum absolute atomic E-state index is 0.0179. The van der Waals surface area contributed by atoms with E-state index >= 15 is 0 Å². The molecular weight excluding hydrogens is 369 g/mol. The number of likely N-dealkylation sites (tertiary alicyclic amines) is 1. The van der Waals surface area contributed by atoms with Crippen molar-refractivity contribution in [2.45, 2.75) is 31.1 Å². The number of alkyl halides is 3. The Balaban J connectivity index is 2.08. The zero-order valence-corrected chi connectivity index (χ0v) is 14.0. The minimum atomic E-state index is -4.52. The molecule has 2 atom stereocenters. The molecule has 0 bridgehead atoms. The molecule has 3 nitrogen and oxygen atoms in total. The molecule has 8 heteroatoms. The Bertz CT molecular complexity index is 835. The maximum Gasteiger partial charge on any atom is 0.416 e. The van der Waals surface area contributed by atoms with Gasteiger partial charge in [-0.3, -0.25) is 9.69 Å². The van der Waals surface area contributed by atoms with Gasteiger partial charge in [-0.1, -0.05) is 18.2 Å². The molecule has 1 heterocycles. The molecule has 0 aromatic heterocycles. The molecule has 0 aliphatic carbocycles. The van der Waals surface area contributed by atoms with Crippen LogP contribution in [0.4, 0.5) is 22.0 Å². The van der Waals surface area contributed by atoms with Gasteiger partial charge in [-0.05, 0) is 36.6 Å². The lowest BCUT2D eigenvalue weighted by Crippen LogP contribution is -2.39. The first-order valence-electron chi connectivity index (χ1n) is 8.29. The summed E-state index contributed by atoms with van der Waals surface area (Å²) in [5.74, 6) is -2.76. The van der Waals surface area contributed by atoms with Crippen molar-refractivity contribution in [3.63, 3.8) is 0 Å². The standard InChI is InChI=1S/C19H16F5NO2/c20-13-7-8-14(15(21)10-13)17(25-9-1-2-16(25)18(26)27)11-3-5-12(6-4-11)19(22,23)24/h3-8,10,16-17H,1-2,9H2,(H,26,27). The third kappa shape index (κ3) is 3.95. The summed E-state index contributed by atoms with van der Waals surface area (Å²) in [6.07, 6.45) is -3.63. The Labute approximate surface area is 152 Å². The lowest BCUT2D eigenvalue weighted by Gasteiger charge is -2.32. The van der Waals surface area contributed by atoms with Gasteiger partial charge in [0.05, 0.1) is 11.6 Å². The molecule has 0 spiro atoms. The maximum atomic E-state index is 14.4. The van der Waals surface area contributed by atoms with Gasteiger partial charge >= 0.3 is 12.1 Å². The molecular formula is C19H16F5NO2. The van der Waals surface area contributed by atoms with Gasteiger partial charge in [-0.2, -0.15) is 13.2 Å². The summed E-state index contributed by atoms with van der Waals surface area (Å²) in [7, 11) is 0. The number of halogens is 5. The lowest BCUT2D eigenvalue weighted by atomic mass is 9.94. The van der Waals surface area contributed by atoms with Crippen LogP contribution in [0.2, 0.25) is 0 Å². The van der Waals surface area contributed by atoms with E-state index in [0.717, 1.165) is 18.2 Å². The number of carboxylic acid groups (broad SMARTS) is 1. The summed E-state index contributed by atoms with van der Waals surface area (Å²) < 4.78 is 66.2. The van der Waals surface area contributed by atoms with E-state index < -0.39 is 41.4 Å². The number of nitrogens with zero attached hydrogens (tertiary/aromatic N) is 1. The third-order valence-corrected chi connectivity index (χ3v) is 4.72. The third-order valence-electron chi connectivity index (χ3n) is 4.72. The topological polar surface area (TPSA) is 40.5 Å². The Morgan fingerprint density at radius 2 is 1.78 bits per heavy atom. The van der Waals surface area contributed by atoms with Crippen LogP contribution < -0.4 is 0 Å². The van der Waals surface area contributed by atoms with Crippen LogP contribution in [0.15, 0.2) is 42.5 Å². The van der Waals surface area contributed by atoms with Crippen molar-refractivity contribution >= 4 is 5.97 Å². The lowest BCUT2D eigenvalue weighted by molar-refractivity contribution is -0.142. The van der Waals surface area contributed by atoms with E-state index in [4.69, 9.17) is 0 Å². The summed E-state index contributed by atoms with van der Waals surface area (Å²) in [6.45, 7) is 0.333. The van der Waals surface area contributed by atoms with E-state index in [0.29, 0.717) is 31.0 Å². The Hall–Kier alpha value is -2.48. The van der Waals surface area contributed by atoms with Crippen molar-refractivity contribution in [3.05, 3.63) is 70.8 Å². The molecule has 0 amide bonds. The fourth-order valence-electron chi connectivity index (χ4n) is 3.49. The first-order chi connectivity index (χ1) is 12.7. The molecule has 1 N–H and O–H groups in total. The van der Waals surface area contributed by atoms with E-state index in [-0.39, 0.29) is 5.56 Å². The molecule has 2 aromatic carbocycles. The van der Waals surface area contributed by atoms with Crippen LogP contribution in [0.25, 0.3) is 0 Å². The summed E-state index contributed by atoms with van der Waals surface area (Å²) in [6, 6.07) is 5.23. The van der Waals surface area contributed by atoms with Crippen LogP contribution >= 0.6 is 0 Å². The predicted octanol–water partition coefficient (Wildman–Crippen LogP) is 4.62. The zero-order valence-electron chi connectivity index (χ0n) is 14.0. The van der Waals surface area contributed by atoms with Crippen molar-refractivity contribution in [2.75, 3.05) is 6.54 Å². The summed E-state index contributed by atoms with van der Waals surface area (Å²) in [5.41, 5.74) is -0.535. The molecule has 0 radical (unpaired) electrons. The van der Waals surface area contributed by atoms with Gasteiger partial charge < -0.3 is 5.11 Å². The normalized spacial score (nSPS) is 19.2. The number of carbonyl (C=O) groups is 1. The van der Waals surface area contributed by atoms with Crippen molar-refractivity contribution < 1.29 is 31.9 Å². The van der Waals surface area contributed by atoms with E-state index in [1.165, 1.54) is 23.1 Å². The SMILES string of the molecule is O=C(O)C1CCCN1C(c1ccc(C(F)(F)F)cc1)c1ccc(F)cc1F. The van der Waals surface area contributed by atoms with Gasteiger partial charge in [0.25, 0.3) is 0 Å². The molecule has 1 aliphatic rings. The van der Waals surface area contributed by atoms with E-state index in [1.54, 1.807) is 0 Å². The van der Waals surface area contributed by atoms with Crippen molar-refractivity contribution in [1.82, 2.24) is 4.90 Å². The average molecular weight is 385 g/mol. The van der Waals surface area contributed by atoms with Gasteiger partial charge in [-0.15, -0.1) is 0 Å². The van der Waals surface area contributed by atoms with Gasteiger partial charge in [0.1, 0.15) is 17.7 Å². The number of hydrogen-bond acceptors (Lipinski definition) is 2. The summed E-state index contributed by atoms with van der Waals surface area (Å²) in [5, 5.41) is 9.45. The largest absolute Gasteiger partial charge is 0.480 e. The highest BCUT2D eigenvalue weighted by molar-refractivity contribution is 5.74. The Kier molecular flexibility index (Phi) is 5.19. The van der Waals surface area contributed by atoms with Crippen molar-refractivity contribution in [3.8, 4) is 0 Å². The van der Waals surface area contributed by atoms with Gasteiger partial charge in [0.15, 0.2) is 0 Å². The Morgan fingerprint density at radius 3 is 2.33 bits per heavy atom. The molecule has 2 aromatic rings. The molecule has 1 aliphatic heterocycles. The smallest absolute Gasteiger partial charge is 0.416 e. The van der Waals surface area contributed by atoms with Crippen LogP contribution in [-0.4, -0.2) is 28.6 Å². The Morgan fingerprint density at radius 1 is 1.11 bits per heavy atom. The molecule has 1 fully saturated rings. The van der Waals surface area contributed by atoms with E-state index in [2.05, 4.69) is 0 Å². The molecule has 3 rings (SSSR count). The summed E-state index contributed by atoms with van der Waals surface area (Å²) >= 11 is 0. The predicted molar refractivity (Wildman–Crippen MR) is 87.0 cm³/mol. The molecule has 2 unspecified atom stereocenters. The number of carboxylic acids is 1. The first-order valence-corrected chi connectivity index (χ1v) is 8.29. The van der Waals surface area contributed by atoms with Gasteiger partial charge in [0.2, 0.25) is 0 Å². The maximum absolute atomic E-state index is 14.4. The van der Waals surface area contributed by atoms with Gasteiger partial charge in [-0.25, -0.2) is 8.78 Å². The van der Waals surface area contributed by atoms with Gasteiger partial charge in [0, 0.05) is 18.2 Å². The fraction of sp³-hybridized carbons (Fsp3) is 0.316. The molecule has 27 heavy (non-hydrogen) atoms. The number of aliphatic carboxylic acids is 1. The van der Waals surface area contributed by atoms with E-state index in [1.807, 2.05) is 0 Å². The summed E-state index contributed by atoms with van der Waals surface area (Å²) in [4.78, 5) is 13.1. The minimum Gasteiger partial charge on any atom is -0.480 e. The first kappa shape index (κ1) is 19.3. The highest BCUT2D eigenvalue weighted by Gasteiger charge is 2.38.